The van der Waals surface area contributed by atoms with Gasteiger partial charge in [0.25, 0.3) is 5.91 Å². The van der Waals surface area contributed by atoms with Gasteiger partial charge in [-0.2, -0.15) is 4.98 Å². The predicted octanol–water partition coefficient (Wildman–Crippen LogP) is 3.25. The smallest absolute Gasteiger partial charge is 0.356 e. The second-order valence-electron chi connectivity index (χ2n) is 5.57. The minimum atomic E-state index is -1.27. The third-order valence-corrected chi connectivity index (χ3v) is 3.91. The van der Waals surface area contributed by atoms with Gasteiger partial charge in [0.15, 0.2) is 18.1 Å². The molecule has 9 heteroatoms. The largest absolute Gasteiger partial charge is 0.484 e. The van der Waals surface area contributed by atoms with E-state index in [1.165, 1.54) is 11.7 Å². The van der Waals surface area contributed by atoms with E-state index < -0.39 is 11.9 Å². The average Bonchev–Trinajstić information content (AvgIpc) is 3.05. The summed E-state index contributed by atoms with van der Waals surface area (Å²) in [6.07, 6.45) is 0. The van der Waals surface area contributed by atoms with Crippen molar-refractivity contribution in [3.8, 4) is 17.4 Å². The molecule has 1 aromatic heterocycles. The van der Waals surface area contributed by atoms with Gasteiger partial charge in [0, 0.05) is 5.02 Å². The maximum Gasteiger partial charge on any atom is 0.356 e. The third kappa shape index (κ3) is 4.24. The molecule has 0 bridgehead atoms. The van der Waals surface area contributed by atoms with Gasteiger partial charge in [-0.05, 0) is 30.3 Å². The number of aromatic carboxylic acids is 1. The summed E-state index contributed by atoms with van der Waals surface area (Å²) in [6.45, 7) is -0.347. The highest BCUT2D eigenvalue weighted by atomic mass is 35.5. The number of nitrogens with one attached hydrogen (secondary N) is 1. The Morgan fingerprint density at radius 1 is 1.18 bits per heavy atom. The number of carboxylic acid groups (broad SMARTS) is 1. The van der Waals surface area contributed by atoms with Gasteiger partial charge < -0.3 is 19.9 Å². The first-order chi connectivity index (χ1) is 13.5. The van der Waals surface area contributed by atoms with E-state index in [-0.39, 0.29) is 24.1 Å². The Morgan fingerprint density at radius 2 is 1.93 bits per heavy atom. The number of hydrogen-bond acceptors (Lipinski definition) is 5. The number of benzene rings is 2. The lowest BCUT2D eigenvalue weighted by Gasteiger charge is -2.09. The molecular formula is C19H16ClN3O5. The van der Waals surface area contributed by atoms with Crippen LogP contribution in [0.2, 0.25) is 5.02 Å². The fourth-order valence-corrected chi connectivity index (χ4v) is 2.69. The van der Waals surface area contributed by atoms with Crippen LogP contribution in [-0.2, 0) is 4.79 Å². The first-order valence-electron chi connectivity index (χ1n) is 8.13. The topological polar surface area (TPSA) is 103 Å². The quantitative estimate of drug-likeness (QED) is 0.630. The molecule has 3 rings (SSSR count). The number of amides is 1. The summed E-state index contributed by atoms with van der Waals surface area (Å²) in [4.78, 5) is 28.2. The van der Waals surface area contributed by atoms with E-state index in [9.17, 15) is 14.7 Å². The first kappa shape index (κ1) is 19.2. The number of methoxy groups -OCH3 is 1. The predicted molar refractivity (Wildman–Crippen MR) is 103 cm³/mol. The molecule has 0 fully saturated rings. The molecule has 0 saturated carbocycles. The first-order valence-corrected chi connectivity index (χ1v) is 8.51. The molecule has 0 aliphatic carbocycles. The monoisotopic (exact) mass is 401 g/mol. The van der Waals surface area contributed by atoms with E-state index >= 15 is 0 Å². The molecule has 0 atom stereocenters. The molecule has 0 saturated heterocycles. The Kier molecular flexibility index (Phi) is 5.81. The Bertz CT molecular complexity index is 1000. The van der Waals surface area contributed by atoms with E-state index in [1.807, 2.05) is 0 Å². The van der Waals surface area contributed by atoms with Crippen molar-refractivity contribution in [3.05, 3.63) is 65.3 Å². The molecule has 0 radical (unpaired) electrons. The minimum absolute atomic E-state index is 0.0228. The zero-order chi connectivity index (χ0) is 20.1. The van der Waals surface area contributed by atoms with E-state index in [0.717, 1.165) is 0 Å². The highest BCUT2D eigenvalue weighted by Crippen LogP contribution is 2.27. The van der Waals surface area contributed by atoms with E-state index in [0.29, 0.717) is 16.5 Å². The highest BCUT2D eigenvalue weighted by Gasteiger charge is 2.26. The Balaban J connectivity index is 1.84. The lowest BCUT2D eigenvalue weighted by molar-refractivity contribution is -0.118. The molecular weight excluding hydrogens is 386 g/mol. The van der Waals surface area contributed by atoms with Gasteiger partial charge in [-0.3, -0.25) is 9.36 Å². The number of carboxylic acids is 1. The molecule has 28 heavy (non-hydrogen) atoms. The van der Waals surface area contributed by atoms with Crippen molar-refractivity contribution in [1.29, 1.82) is 0 Å². The summed E-state index contributed by atoms with van der Waals surface area (Å²) in [7, 11) is 1.36. The number of rotatable bonds is 7. The van der Waals surface area contributed by atoms with Gasteiger partial charge in [-0.15, -0.1) is 0 Å². The normalized spacial score (nSPS) is 10.4. The van der Waals surface area contributed by atoms with Gasteiger partial charge in [-0.25, -0.2) is 4.79 Å². The number of carbonyl (C=O) groups is 2. The van der Waals surface area contributed by atoms with Gasteiger partial charge >= 0.3 is 12.0 Å². The molecule has 8 nitrogen and oxygen atoms in total. The van der Waals surface area contributed by atoms with Crippen molar-refractivity contribution in [2.24, 2.45) is 0 Å². The van der Waals surface area contributed by atoms with Gasteiger partial charge in [0.1, 0.15) is 5.75 Å². The summed E-state index contributed by atoms with van der Waals surface area (Å²) < 4.78 is 11.8. The van der Waals surface area contributed by atoms with Gasteiger partial charge in [0.05, 0.1) is 12.8 Å². The number of halogens is 1. The second kappa shape index (κ2) is 8.45. The Hall–Kier alpha value is -3.52. The van der Waals surface area contributed by atoms with Crippen LogP contribution in [0.4, 0.5) is 5.82 Å². The third-order valence-electron chi connectivity index (χ3n) is 3.67. The molecule has 144 valence electrons. The van der Waals surface area contributed by atoms with Crippen LogP contribution in [0.15, 0.2) is 54.6 Å². The fraction of sp³-hybridized carbons (Fsp3) is 0.105. The number of imidazole rings is 1. The average molecular weight is 402 g/mol. The van der Waals surface area contributed by atoms with Crippen LogP contribution in [0.3, 0.4) is 0 Å². The summed E-state index contributed by atoms with van der Waals surface area (Å²) >= 11 is 5.87. The zero-order valence-electron chi connectivity index (χ0n) is 14.8. The highest BCUT2D eigenvalue weighted by molar-refractivity contribution is 6.30. The summed E-state index contributed by atoms with van der Waals surface area (Å²) in [5.74, 6) is -1.59. The number of ether oxygens (including phenoxy) is 2. The molecule has 1 heterocycles. The van der Waals surface area contributed by atoms with Crippen molar-refractivity contribution in [2.45, 2.75) is 0 Å². The molecule has 0 spiro atoms. The SMILES string of the molecule is COc1nc(NC(=O)COc2cccc(Cl)c2)c(C(=O)O)n1-c1ccccc1. The van der Waals surface area contributed by atoms with Crippen LogP contribution in [-0.4, -0.2) is 40.3 Å². The van der Waals surface area contributed by atoms with Crippen LogP contribution in [0, 0.1) is 0 Å². The maximum absolute atomic E-state index is 12.2. The number of anilines is 1. The number of aromatic nitrogens is 2. The van der Waals surface area contributed by atoms with Crippen LogP contribution >= 0.6 is 11.6 Å². The maximum atomic E-state index is 12.2. The van der Waals surface area contributed by atoms with Crippen molar-refractivity contribution in [2.75, 3.05) is 19.0 Å². The van der Waals surface area contributed by atoms with Crippen LogP contribution in [0.5, 0.6) is 11.8 Å². The molecule has 3 aromatic rings. The lowest BCUT2D eigenvalue weighted by Crippen LogP contribution is -2.22. The lowest BCUT2D eigenvalue weighted by atomic mass is 10.3. The molecule has 0 aliphatic heterocycles. The van der Waals surface area contributed by atoms with E-state index in [4.69, 9.17) is 21.1 Å². The van der Waals surface area contributed by atoms with Gasteiger partial charge in [-0.1, -0.05) is 35.9 Å². The number of para-hydroxylation sites is 1. The number of nitrogens with zero attached hydrogens (tertiary/aromatic N) is 2. The summed E-state index contributed by atoms with van der Waals surface area (Å²) in [5, 5.41) is 12.6. The Morgan fingerprint density at radius 3 is 2.57 bits per heavy atom. The molecule has 2 aromatic carbocycles. The molecule has 2 N–H and O–H groups in total. The van der Waals surface area contributed by atoms with Crippen LogP contribution in [0.25, 0.3) is 5.69 Å². The number of carbonyl (C=O) groups excluding carboxylic acids is 1. The summed E-state index contributed by atoms with van der Waals surface area (Å²) in [5.41, 5.74) is 0.291. The van der Waals surface area contributed by atoms with Crippen LogP contribution < -0.4 is 14.8 Å². The van der Waals surface area contributed by atoms with Gasteiger partial charge in [0.2, 0.25) is 0 Å². The van der Waals surface area contributed by atoms with Crippen molar-refractivity contribution >= 4 is 29.3 Å². The molecule has 1 amide bonds. The zero-order valence-corrected chi connectivity index (χ0v) is 15.5. The van der Waals surface area contributed by atoms with Crippen molar-refractivity contribution in [3.63, 3.8) is 0 Å². The van der Waals surface area contributed by atoms with E-state index in [1.54, 1.807) is 54.6 Å². The Labute approximate surface area is 165 Å². The molecule has 0 aliphatic rings. The van der Waals surface area contributed by atoms with E-state index in [2.05, 4.69) is 10.3 Å². The molecule has 0 unspecified atom stereocenters. The fourth-order valence-electron chi connectivity index (χ4n) is 2.51. The summed E-state index contributed by atoms with van der Waals surface area (Å²) in [6, 6.07) is 15.3. The minimum Gasteiger partial charge on any atom is -0.484 e. The van der Waals surface area contributed by atoms with Crippen LogP contribution in [0.1, 0.15) is 10.5 Å². The number of hydrogen-bond donors (Lipinski definition) is 2. The van der Waals surface area contributed by atoms with Crippen molar-refractivity contribution < 1.29 is 24.2 Å². The standard InChI is InChI=1S/C19H16ClN3O5/c1-27-19-22-17(16(18(25)26)23(19)13-7-3-2-4-8-13)21-15(24)11-28-14-9-5-6-12(20)10-14/h2-10H,11H2,1H3,(H,21,24)(H,25,26). The second-order valence-corrected chi connectivity index (χ2v) is 6.00. The van der Waals surface area contributed by atoms with Crippen molar-refractivity contribution in [1.82, 2.24) is 9.55 Å².